The average Bonchev–Trinajstić information content (AvgIpc) is 2.63. The molecule has 0 atom stereocenters. The minimum absolute atomic E-state index is 0.451. The first-order chi connectivity index (χ1) is 6.31. The number of likely N-dealkylation sites (tertiary alicyclic amines) is 1. The van der Waals surface area contributed by atoms with E-state index in [0.717, 1.165) is 6.67 Å². The normalized spacial score (nSPS) is 27.0. The summed E-state index contributed by atoms with van der Waals surface area (Å²) in [5, 5.41) is 6.92. The van der Waals surface area contributed by atoms with E-state index in [0.29, 0.717) is 5.54 Å². The van der Waals surface area contributed by atoms with E-state index in [9.17, 15) is 0 Å². The lowest BCUT2D eigenvalue weighted by molar-refractivity contribution is 0.182. The van der Waals surface area contributed by atoms with E-state index in [1.54, 1.807) is 0 Å². The molecule has 0 aromatic carbocycles. The average molecular weight is 185 g/mol. The summed E-state index contributed by atoms with van der Waals surface area (Å²) in [5.74, 6) is 0. The molecule has 0 amide bonds. The molecule has 2 N–H and O–H groups in total. The zero-order valence-electron chi connectivity index (χ0n) is 9.19. The van der Waals surface area contributed by atoms with Crippen molar-refractivity contribution in [3.8, 4) is 0 Å². The van der Waals surface area contributed by atoms with Gasteiger partial charge in [0.15, 0.2) is 0 Å². The maximum Gasteiger partial charge on any atom is 0.0459 e. The van der Waals surface area contributed by atoms with Gasteiger partial charge in [-0.2, -0.15) is 0 Å². The minimum atomic E-state index is 0.451. The molecule has 2 aliphatic heterocycles. The fourth-order valence-electron chi connectivity index (χ4n) is 2.01. The van der Waals surface area contributed by atoms with Gasteiger partial charge in [0.05, 0.1) is 0 Å². The molecule has 3 nitrogen and oxygen atoms in total. The van der Waals surface area contributed by atoms with E-state index < -0.39 is 0 Å². The van der Waals surface area contributed by atoms with E-state index in [1.165, 1.54) is 32.5 Å². The van der Waals surface area contributed by atoms with Crippen molar-refractivity contribution in [3.63, 3.8) is 0 Å². The third-order valence-corrected chi connectivity index (χ3v) is 3.00. The van der Waals surface area contributed by atoms with Crippen molar-refractivity contribution < 1.29 is 0 Å². The Kier molecular flexibility index (Phi) is 4.16. The summed E-state index contributed by atoms with van der Waals surface area (Å²) in [6.07, 6.45) is 2.60. The molecule has 3 heteroatoms. The van der Waals surface area contributed by atoms with Crippen LogP contribution in [-0.2, 0) is 0 Å². The van der Waals surface area contributed by atoms with Crippen LogP contribution in [0, 0.1) is 0 Å². The number of nitrogens with zero attached hydrogens (tertiary/aromatic N) is 1. The second kappa shape index (κ2) is 4.94. The van der Waals surface area contributed by atoms with Crippen LogP contribution >= 0.6 is 0 Å². The van der Waals surface area contributed by atoms with Crippen LogP contribution in [0.5, 0.6) is 0 Å². The highest BCUT2D eigenvalue weighted by atomic mass is 15.2. The largest absolute Gasteiger partial charge is 0.306 e. The number of hydrogen-bond acceptors (Lipinski definition) is 3. The smallest absolute Gasteiger partial charge is 0.0459 e. The highest BCUT2D eigenvalue weighted by Gasteiger charge is 2.35. The van der Waals surface area contributed by atoms with Crippen molar-refractivity contribution in [1.82, 2.24) is 15.5 Å². The van der Waals surface area contributed by atoms with Crippen molar-refractivity contribution in [1.29, 1.82) is 0 Å². The Morgan fingerprint density at radius 1 is 1.15 bits per heavy atom. The Hall–Kier alpha value is -0.120. The molecular weight excluding hydrogens is 162 g/mol. The van der Waals surface area contributed by atoms with Crippen LogP contribution in [0.15, 0.2) is 0 Å². The van der Waals surface area contributed by atoms with E-state index in [-0.39, 0.29) is 0 Å². The number of rotatable bonds is 0. The number of nitrogens with one attached hydrogen (secondary N) is 2. The van der Waals surface area contributed by atoms with Crippen LogP contribution in [0.1, 0.15) is 26.7 Å². The van der Waals surface area contributed by atoms with Gasteiger partial charge < -0.3 is 10.2 Å². The van der Waals surface area contributed by atoms with Gasteiger partial charge in [-0.05, 0) is 33.0 Å². The molecule has 0 bridgehead atoms. The highest BCUT2D eigenvalue weighted by molar-refractivity contribution is 4.97. The van der Waals surface area contributed by atoms with Crippen LogP contribution in [-0.4, -0.2) is 43.8 Å². The van der Waals surface area contributed by atoms with Crippen LogP contribution in [0.3, 0.4) is 0 Å². The third-order valence-electron chi connectivity index (χ3n) is 3.00. The summed E-state index contributed by atoms with van der Waals surface area (Å²) in [6, 6.07) is 0. The van der Waals surface area contributed by atoms with Crippen molar-refractivity contribution in [2.75, 3.05) is 33.4 Å². The Balaban J connectivity index is 0.000000396. The summed E-state index contributed by atoms with van der Waals surface area (Å²) in [5.41, 5.74) is 0.451. The summed E-state index contributed by atoms with van der Waals surface area (Å²) < 4.78 is 0. The van der Waals surface area contributed by atoms with Gasteiger partial charge in [-0.25, -0.2) is 0 Å². The molecule has 2 fully saturated rings. The van der Waals surface area contributed by atoms with Crippen LogP contribution < -0.4 is 10.6 Å². The van der Waals surface area contributed by atoms with Gasteiger partial charge in [-0.3, -0.25) is 5.32 Å². The molecule has 1 spiro atoms. The van der Waals surface area contributed by atoms with Crippen LogP contribution in [0.4, 0.5) is 0 Å². The van der Waals surface area contributed by atoms with Crippen LogP contribution in [0.25, 0.3) is 0 Å². The highest BCUT2D eigenvalue weighted by Crippen LogP contribution is 2.22. The lowest BCUT2D eigenvalue weighted by Gasteiger charge is -2.37. The van der Waals surface area contributed by atoms with Gasteiger partial charge >= 0.3 is 0 Å². The molecule has 0 unspecified atom stereocenters. The fraction of sp³-hybridized carbons (Fsp3) is 1.00. The zero-order valence-corrected chi connectivity index (χ0v) is 9.19. The van der Waals surface area contributed by atoms with Gasteiger partial charge in [0.2, 0.25) is 0 Å². The van der Waals surface area contributed by atoms with Crippen molar-refractivity contribution >= 4 is 0 Å². The predicted octanol–water partition coefficient (Wildman–Crippen LogP) is 0.627. The van der Waals surface area contributed by atoms with Gasteiger partial charge in [0.25, 0.3) is 0 Å². The second-order valence-electron chi connectivity index (χ2n) is 3.86. The topological polar surface area (TPSA) is 27.3 Å². The SMILES string of the molecule is CC.CN1CCC2(CC1)CNCN2. The summed E-state index contributed by atoms with van der Waals surface area (Å²) in [4.78, 5) is 2.41. The fourth-order valence-corrected chi connectivity index (χ4v) is 2.01. The Labute approximate surface area is 81.9 Å². The lowest BCUT2D eigenvalue weighted by atomic mass is 9.89. The van der Waals surface area contributed by atoms with E-state index >= 15 is 0 Å². The van der Waals surface area contributed by atoms with Gasteiger partial charge in [0, 0.05) is 18.8 Å². The Morgan fingerprint density at radius 2 is 1.77 bits per heavy atom. The summed E-state index contributed by atoms with van der Waals surface area (Å²) in [6.45, 7) is 8.66. The first-order valence-corrected chi connectivity index (χ1v) is 5.45. The van der Waals surface area contributed by atoms with Gasteiger partial charge in [0.1, 0.15) is 0 Å². The molecule has 2 saturated heterocycles. The molecular formula is C10H23N3. The summed E-state index contributed by atoms with van der Waals surface area (Å²) in [7, 11) is 2.20. The Bertz CT molecular complexity index is 131. The number of hydrogen-bond donors (Lipinski definition) is 2. The molecule has 0 aromatic heterocycles. The summed E-state index contributed by atoms with van der Waals surface area (Å²) >= 11 is 0. The molecule has 78 valence electrons. The molecule has 0 saturated carbocycles. The van der Waals surface area contributed by atoms with E-state index in [4.69, 9.17) is 0 Å². The monoisotopic (exact) mass is 185 g/mol. The predicted molar refractivity (Wildman–Crippen MR) is 56.8 cm³/mol. The standard InChI is InChI=1S/C8H17N3.C2H6/c1-11-4-2-8(3-5-11)6-9-7-10-8;1-2/h9-10H,2-7H2,1H3;1-2H3. The van der Waals surface area contributed by atoms with Gasteiger partial charge in [-0.1, -0.05) is 13.8 Å². The maximum atomic E-state index is 3.55. The lowest BCUT2D eigenvalue weighted by Crippen LogP contribution is -2.51. The van der Waals surface area contributed by atoms with E-state index in [2.05, 4.69) is 22.6 Å². The van der Waals surface area contributed by atoms with Crippen molar-refractivity contribution in [2.45, 2.75) is 32.2 Å². The molecule has 0 radical (unpaired) electrons. The Morgan fingerprint density at radius 3 is 2.23 bits per heavy atom. The second-order valence-corrected chi connectivity index (χ2v) is 3.86. The molecule has 0 aliphatic carbocycles. The molecule has 2 rings (SSSR count). The van der Waals surface area contributed by atoms with Crippen molar-refractivity contribution in [3.05, 3.63) is 0 Å². The molecule has 2 heterocycles. The number of piperidine rings is 1. The van der Waals surface area contributed by atoms with E-state index in [1.807, 2.05) is 13.8 Å². The third kappa shape index (κ3) is 2.66. The van der Waals surface area contributed by atoms with Crippen molar-refractivity contribution in [2.24, 2.45) is 0 Å². The van der Waals surface area contributed by atoms with Crippen LogP contribution in [0.2, 0.25) is 0 Å². The molecule has 0 aromatic rings. The first kappa shape index (κ1) is 11.0. The quantitative estimate of drug-likeness (QED) is 0.579. The first-order valence-electron chi connectivity index (χ1n) is 5.45. The van der Waals surface area contributed by atoms with Gasteiger partial charge in [-0.15, -0.1) is 0 Å². The maximum absolute atomic E-state index is 3.55. The minimum Gasteiger partial charge on any atom is -0.306 e. The molecule has 13 heavy (non-hydrogen) atoms. The zero-order chi connectivity index (χ0) is 9.73. The molecule has 2 aliphatic rings.